The van der Waals surface area contributed by atoms with Crippen LogP contribution in [0.3, 0.4) is 0 Å². The predicted molar refractivity (Wildman–Crippen MR) is 89.9 cm³/mol. The Morgan fingerprint density at radius 3 is 2.67 bits per heavy atom. The first-order valence-electron chi connectivity index (χ1n) is 6.84. The quantitative estimate of drug-likeness (QED) is 0.459. The van der Waals surface area contributed by atoms with Crippen molar-refractivity contribution in [3.63, 3.8) is 0 Å². The molecule has 120 valence electrons. The van der Waals surface area contributed by atoms with Gasteiger partial charge in [-0.2, -0.15) is 14.5 Å². The fourth-order valence-electron chi connectivity index (χ4n) is 2.32. The second-order valence-electron chi connectivity index (χ2n) is 4.82. The lowest BCUT2D eigenvalue weighted by molar-refractivity contribution is 0.367. The second kappa shape index (κ2) is 5.92. The van der Waals surface area contributed by atoms with E-state index < -0.39 is 6.01 Å². The normalized spacial score (nSPS) is 11.1. The van der Waals surface area contributed by atoms with Gasteiger partial charge in [-0.25, -0.2) is 4.52 Å². The number of para-hydroxylation sites is 1. The Hall–Kier alpha value is -2.38. The van der Waals surface area contributed by atoms with Gasteiger partial charge in [0.1, 0.15) is 28.5 Å². The van der Waals surface area contributed by atoms with Gasteiger partial charge in [0.25, 0.3) is 6.01 Å². The summed E-state index contributed by atoms with van der Waals surface area (Å²) in [7, 11) is 0. The molecule has 0 aliphatic carbocycles. The summed E-state index contributed by atoms with van der Waals surface area (Å²) in [5.74, 6) is 1.21. The molecule has 0 amide bonds. The third kappa shape index (κ3) is 2.46. The second-order valence-corrected chi connectivity index (χ2v) is 5.98. The molecule has 1 aromatic carbocycles. The first kappa shape index (κ1) is 15.2. The first-order valence-corrected chi connectivity index (χ1v) is 8.01. The molecule has 8 heteroatoms. The molecule has 0 aliphatic heterocycles. The minimum absolute atomic E-state index is 0.256. The van der Waals surface area contributed by atoms with Gasteiger partial charge in [0.15, 0.2) is 0 Å². The number of fused-ring (bicyclic) bond motifs is 1. The summed E-state index contributed by atoms with van der Waals surface area (Å²) in [6, 6.07) is 11.2. The zero-order valence-electron chi connectivity index (χ0n) is 11.9. The van der Waals surface area contributed by atoms with Gasteiger partial charge in [0, 0.05) is 6.07 Å². The van der Waals surface area contributed by atoms with E-state index in [9.17, 15) is 4.39 Å². The summed E-state index contributed by atoms with van der Waals surface area (Å²) in [5.41, 5.74) is 0.983. The average molecular weight is 409 g/mol. The molecule has 24 heavy (non-hydrogen) atoms. The number of benzene rings is 1. The average Bonchev–Trinajstić information content (AvgIpc) is 3.11. The van der Waals surface area contributed by atoms with Crippen molar-refractivity contribution in [1.29, 1.82) is 0 Å². The molecular formula is C16H8BrClFN3O2. The highest BCUT2D eigenvalue weighted by molar-refractivity contribution is 9.10. The van der Waals surface area contributed by atoms with E-state index in [0.717, 1.165) is 0 Å². The molecule has 0 unspecified atom stereocenters. The molecule has 4 rings (SSSR count). The molecule has 0 radical (unpaired) electrons. The third-order valence-corrected chi connectivity index (χ3v) is 4.47. The van der Waals surface area contributed by atoms with Crippen LogP contribution in [0, 0.1) is 6.01 Å². The monoisotopic (exact) mass is 407 g/mol. The Kier molecular flexibility index (Phi) is 3.74. The van der Waals surface area contributed by atoms with Gasteiger partial charge in [0.2, 0.25) is 5.88 Å². The maximum Gasteiger partial charge on any atom is 0.278 e. The molecule has 4 aromatic rings. The van der Waals surface area contributed by atoms with Crippen LogP contribution in [-0.4, -0.2) is 14.6 Å². The largest absolute Gasteiger partial charge is 0.437 e. The van der Waals surface area contributed by atoms with Crippen LogP contribution in [0.15, 0.2) is 57.7 Å². The lowest BCUT2D eigenvalue weighted by Gasteiger charge is -2.06. The predicted octanol–water partition coefficient (Wildman–Crippen LogP) is 5.34. The van der Waals surface area contributed by atoms with Crippen LogP contribution in [0.5, 0.6) is 11.6 Å². The SMILES string of the molecule is Fc1ccc(-c2c(Br)c3c(Oc4ccccc4)ncnn3c2Cl)o1. The summed E-state index contributed by atoms with van der Waals surface area (Å²) >= 11 is 9.85. The van der Waals surface area contributed by atoms with Gasteiger partial charge in [-0.1, -0.05) is 29.8 Å². The standard InChI is InChI=1S/C16H8BrClFN3O2/c17-13-12(10-6-7-11(19)24-10)15(18)22-14(13)16(20-8-21-22)23-9-4-2-1-3-5-9/h1-8H. The van der Waals surface area contributed by atoms with E-state index in [1.807, 2.05) is 18.2 Å². The van der Waals surface area contributed by atoms with Crippen LogP contribution >= 0.6 is 27.5 Å². The van der Waals surface area contributed by atoms with Crippen LogP contribution in [0.2, 0.25) is 5.15 Å². The molecular weight excluding hydrogens is 401 g/mol. The number of rotatable bonds is 3. The lowest BCUT2D eigenvalue weighted by atomic mass is 10.2. The molecule has 3 heterocycles. The smallest absolute Gasteiger partial charge is 0.278 e. The highest BCUT2D eigenvalue weighted by Crippen LogP contribution is 2.43. The fraction of sp³-hybridized carbons (Fsp3) is 0. The number of aromatic nitrogens is 3. The number of nitrogens with zero attached hydrogens (tertiary/aromatic N) is 3. The van der Waals surface area contributed by atoms with Crippen LogP contribution in [0.25, 0.3) is 16.8 Å². The van der Waals surface area contributed by atoms with E-state index >= 15 is 0 Å². The molecule has 3 aromatic heterocycles. The number of ether oxygens (including phenoxy) is 1. The molecule has 0 aliphatic rings. The number of halogens is 3. The molecule has 0 N–H and O–H groups in total. The minimum Gasteiger partial charge on any atom is -0.437 e. The van der Waals surface area contributed by atoms with Crippen molar-refractivity contribution in [3.8, 4) is 23.0 Å². The first-order chi connectivity index (χ1) is 11.6. The molecule has 0 fully saturated rings. The van der Waals surface area contributed by atoms with Crippen LogP contribution < -0.4 is 4.74 Å². The van der Waals surface area contributed by atoms with E-state index in [1.54, 1.807) is 12.1 Å². The zero-order chi connectivity index (χ0) is 16.7. The maximum absolute atomic E-state index is 13.2. The summed E-state index contributed by atoms with van der Waals surface area (Å²) in [5, 5.41) is 4.38. The highest BCUT2D eigenvalue weighted by atomic mass is 79.9. The van der Waals surface area contributed by atoms with Crippen molar-refractivity contribution in [2.45, 2.75) is 0 Å². The topological polar surface area (TPSA) is 52.6 Å². The van der Waals surface area contributed by atoms with Crippen LogP contribution in [0.1, 0.15) is 0 Å². The van der Waals surface area contributed by atoms with Crippen LogP contribution in [-0.2, 0) is 0 Å². The van der Waals surface area contributed by atoms with Crippen molar-refractivity contribution >= 4 is 33.0 Å². The van der Waals surface area contributed by atoms with Gasteiger partial charge < -0.3 is 9.15 Å². The molecule has 0 bridgehead atoms. The van der Waals surface area contributed by atoms with Gasteiger partial charge >= 0.3 is 0 Å². The highest BCUT2D eigenvalue weighted by Gasteiger charge is 2.24. The number of furan rings is 1. The van der Waals surface area contributed by atoms with Crippen molar-refractivity contribution in [2.24, 2.45) is 0 Å². The third-order valence-electron chi connectivity index (χ3n) is 3.35. The van der Waals surface area contributed by atoms with Gasteiger partial charge in [-0.05, 0) is 34.1 Å². The molecule has 0 saturated heterocycles. The zero-order valence-corrected chi connectivity index (χ0v) is 14.3. The number of hydrogen-bond donors (Lipinski definition) is 0. The summed E-state index contributed by atoms with van der Waals surface area (Å²) in [6.07, 6.45) is 1.33. The van der Waals surface area contributed by atoms with Gasteiger partial charge in [-0.3, -0.25) is 0 Å². The molecule has 5 nitrogen and oxygen atoms in total. The lowest BCUT2D eigenvalue weighted by Crippen LogP contribution is -1.96. The fourth-order valence-corrected chi connectivity index (χ4v) is 3.47. The van der Waals surface area contributed by atoms with Crippen molar-refractivity contribution in [1.82, 2.24) is 14.6 Å². The van der Waals surface area contributed by atoms with Gasteiger partial charge in [0.05, 0.1) is 10.0 Å². The summed E-state index contributed by atoms with van der Waals surface area (Å²) in [4.78, 5) is 4.17. The Bertz CT molecular complexity index is 1030. The summed E-state index contributed by atoms with van der Waals surface area (Å²) < 4.78 is 26.1. The van der Waals surface area contributed by atoms with Gasteiger partial charge in [-0.15, -0.1) is 0 Å². The number of hydrogen-bond acceptors (Lipinski definition) is 4. The van der Waals surface area contributed by atoms with E-state index in [4.69, 9.17) is 20.8 Å². The molecule has 0 spiro atoms. The minimum atomic E-state index is -0.699. The van der Waals surface area contributed by atoms with Crippen molar-refractivity contribution < 1.29 is 13.5 Å². The van der Waals surface area contributed by atoms with E-state index in [1.165, 1.54) is 23.0 Å². The van der Waals surface area contributed by atoms with Crippen LogP contribution in [0.4, 0.5) is 4.39 Å². The Labute approximate surface area is 148 Å². The van der Waals surface area contributed by atoms with Crippen molar-refractivity contribution in [3.05, 3.63) is 64.4 Å². The molecule has 0 saturated carbocycles. The van der Waals surface area contributed by atoms with Crippen molar-refractivity contribution in [2.75, 3.05) is 0 Å². The van der Waals surface area contributed by atoms with E-state index in [2.05, 4.69) is 26.0 Å². The van der Waals surface area contributed by atoms with E-state index in [0.29, 0.717) is 27.2 Å². The summed E-state index contributed by atoms with van der Waals surface area (Å²) in [6.45, 7) is 0. The Morgan fingerprint density at radius 1 is 1.17 bits per heavy atom. The van der Waals surface area contributed by atoms with E-state index in [-0.39, 0.29) is 10.9 Å². The Morgan fingerprint density at radius 2 is 1.96 bits per heavy atom. The molecule has 0 atom stereocenters. The Balaban J connectivity index is 1.91. The maximum atomic E-state index is 13.2.